The van der Waals surface area contributed by atoms with Gasteiger partial charge in [-0.25, -0.2) is 0 Å². The molecule has 0 unspecified atom stereocenters. The zero-order valence-electron chi connectivity index (χ0n) is 22.0. The van der Waals surface area contributed by atoms with E-state index in [1.54, 1.807) is 66.7 Å². The van der Waals surface area contributed by atoms with E-state index in [1.165, 1.54) is 16.7 Å². The van der Waals surface area contributed by atoms with Crippen LogP contribution in [0, 0.1) is 35.3 Å². The molecule has 41 heavy (non-hydrogen) atoms. The number of nitrogens with zero attached hydrogens (tertiary/aromatic N) is 3. The minimum atomic E-state index is -0.633. The maximum atomic E-state index is 13.6. The van der Waals surface area contributed by atoms with Crippen LogP contribution < -0.4 is 20.1 Å². The Morgan fingerprint density at radius 2 is 1.76 bits per heavy atom. The Morgan fingerprint density at radius 3 is 2.41 bits per heavy atom. The second-order valence-electron chi connectivity index (χ2n) is 9.14. The molecule has 1 N–H and O–H groups in total. The Balaban J connectivity index is 1.61. The van der Waals surface area contributed by atoms with Crippen LogP contribution in [0.4, 0.5) is 11.4 Å². The quantitative estimate of drug-likeness (QED) is 0.233. The molecule has 3 aromatic carbocycles. The van der Waals surface area contributed by atoms with Crippen LogP contribution in [0.3, 0.4) is 0 Å². The van der Waals surface area contributed by atoms with Crippen LogP contribution in [0.1, 0.15) is 16.9 Å². The third kappa shape index (κ3) is 5.61. The number of benzene rings is 3. The molecule has 0 fully saturated rings. The molecule has 5 rings (SSSR count). The number of carbonyl (C=O) groups is 1. The molecule has 5 aromatic rings. The Kier molecular flexibility index (Phi) is 7.45. The lowest BCUT2D eigenvalue weighted by atomic mass is 10.1. The van der Waals surface area contributed by atoms with E-state index in [-0.39, 0.29) is 20.5 Å². The van der Waals surface area contributed by atoms with Crippen molar-refractivity contribution in [3.63, 3.8) is 0 Å². The molecule has 0 aliphatic rings. The number of aromatic nitrogens is 1. The fourth-order valence-corrected chi connectivity index (χ4v) is 5.21. The first-order valence-electron chi connectivity index (χ1n) is 12.4. The number of hydrogen-bond acceptors (Lipinski definition) is 7. The third-order valence-electron chi connectivity index (χ3n) is 6.42. The van der Waals surface area contributed by atoms with Crippen LogP contribution in [-0.4, -0.2) is 15.4 Å². The maximum Gasteiger partial charge on any atom is 0.273 e. The van der Waals surface area contributed by atoms with E-state index >= 15 is 0 Å². The van der Waals surface area contributed by atoms with Crippen molar-refractivity contribution in [3.05, 3.63) is 131 Å². The Hall–Kier alpha value is -5.53. The molecule has 0 bridgehead atoms. The Morgan fingerprint density at radius 1 is 1.02 bits per heavy atom. The van der Waals surface area contributed by atoms with Crippen LogP contribution in [0.15, 0.2) is 94.1 Å². The van der Waals surface area contributed by atoms with Gasteiger partial charge >= 0.3 is 0 Å². The second-order valence-corrected chi connectivity index (χ2v) is 10.2. The summed E-state index contributed by atoms with van der Waals surface area (Å²) < 4.78 is 7.67. The van der Waals surface area contributed by atoms with Crippen molar-refractivity contribution in [3.8, 4) is 23.1 Å². The molecule has 0 spiro atoms. The SMILES string of the molecule is Cc1ccc(NC(=O)/C(C#N)=c2/s/c(=C/c3ccc(-c4ccc([N+](=O)[O-])cc4)o3)c(=O)n2-c2ccccc2)cc1C. The van der Waals surface area contributed by atoms with Gasteiger partial charge in [0.15, 0.2) is 5.57 Å². The minimum absolute atomic E-state index is 0.0363. The van der Waals surface area contributed by atoms with Crippen molar-refractivity contribution in [1.29, 1.82) is 5.26 Å². The van der Waals surface area contributed by atoms with Crippen molar-refractivity contribution >= 4 is 40.3 Å². The number of nitrogens with one attached hydrogen (secondary N) is 1. The smallest absolute Gasteiger partial charge is 0.273 e. The monoisotopic (exact) mass is 562 g/mol. The van der Waals surface area contributed by atoms with Crippen LogP contribution in [0.2, 0.25) is 0 Å². The average Bonchev–Trinajstić information content (AvgIpc) is 3.56. The lowest BCUT2D eigenvalue weighted by Gasteiger charge is -2.07. The van der Waals surface area contributed by atoms with Gasteiger partial charge in [0.25, 0.3) is 17.2 Å². The van der Waals surface area contributed by atoms with E-state index in [4.69, 9.17) is 4.42 Å². The normalized spacial score (nSPS) is 12.1. The lowest BCUT2D eigenvalue weighted by molar-refractivity contribution is -0.384. The molecule has 0 radical (unpaired) electrons. The minimum Gasteiger partial charge on any atom is -0.457 e. The number of thiazole rings is 1. The van der Waals surface area contributed by atoms with Gasteiger partial charge in [-0.3, -0.25) is 24.3 Å². The molecule has 0 atom stereocenters. The fraction of sp³-hybridized carbons (Fsp3) is 0.0645. The van der Waals surface area contributed by atoms with Gasteiger partial charge in [-0.2, -0.15) is 5.26 Å². The average molecular weight is 563 g/mol. The molecule has 0 aliphatic heterocycles. The third-order valence-corrected chi connectivity index (χ3v) is 7.51. The topological polar surface area (TPSA) is 131 Å². The summed E-state index contributed by atoms with van der Waals surface area (Å²) in [7, 11) is 0. The molecule has 0 saturated carbocycles. The highest BCUT2D eigenvalue weighted by Crippen LogP contribution is 2.25. The van der Waals surface area contributed by atoms with Crippen molar-refractivity contribution in [2.75, 3.05) is 5.32 Å². The summed E-state index contributed by atoms with van der Waals surface area (Å²) in [6.07, 6.45) is 1.54. The van der Waals surface area contributed by atoms with Gasteiger partial charge in [-0.05, 0) is 73.5 Å². The Bertz CT molecular complexity index is 2010. The number of nitriles is 1. The zero-order chi connectivity index (χ0) is 29.1. The van der Waals surface area contributed by atoms with Gasteiger partial charge in [0.1, 0.15) is 22.3 Å². The highest BCUT2D eigenvalue weighted by molar-refractivity contribution is 7.07. The molecule has 0 aliphatic carbocycles. The first kappa shape index (κ1) is 27.1. The van der Waals surface area contributed by atoms with Crippen molar-refractivity contribution in [1.82, 2.24) is 4.57 Å². The van der Waals surface area contributed by atoms with E-state index in [0.29, 0.717) is 28.5 Å². The molecule has 2 heterocycles. The van der Waals surface area contributed by atoms with Gasteiger partial charge in [0.05, 0.1) is 15.1 Å². The van der Waals surface area contributed by atoms with E-state index in [1.807, 2.05) is 32.0 Å². The largest absolute Gasteiger partial charge is 0.457 e. The summed E-state index contributed by atoms with van der Waals surface area (Å²) in [5, 5.41) is 23.8. The number of rotatable bonds is 6. The fourth-order valence-electron chi connectivity index (χ4n) is 4.13. The van der Waals surface area contributed by atoms with E-state index in [0.717, 1.165) is 22.5 Å². The summed E-state index contributed by atoms with van der Waals surface area (Å²) in [5.74, 6) is 0.191. The number of non-ortho nitro benzene ring substituents is 1. The van der Waals surface area contributed by atoms with E-state index in [9.17, 15) is 25.0 Å². The standard InChI is InChI=1S/C31H22N4O5S/c1-19-8-11-22(16-20(19)2)33-29(36)26(18-32)31-34(23-6-4-3-5-7-23)30(37)28(41-31)17-25-14-15-27(40-25)21-9-12-24(13-10-21)35(38)39/h3-17H,1-2H3,(H,33,36)/b28-17+,31-26+. The van der Waals surface area contributed by atoms with Gasteiger partial charge in [0, 0.05) is 29.5 Å². The van der Waals surface area contributed by atoms with Gasteiger partial charge in [0.2, 0.25) is 0 Å². The number of carbonyl (C=O) groups excluding carboxylic acids is 1. The predicted octanol–water partition coefficient (Wildman–Crippen LogP) is 4.83. The van der Waals surface area contributed by atoms with Crippen molar-refractivity contribution in [2.45, 2.75) is 13.8 Å². The number of nitro benzene ring substituents is 1. The molecule has 10 heteroatoms. The van der Waals surface area contributed by atoms with Gasteiger partial charge in [-0.1, -0.05) is 24.3 Å². The number of amides is 1. The van der Waals surface area contributed by atoms with Crippen LogP contribution in [-0.2, 0) is 4.79 Å². The van der Waals surface area contributed by atoms with E-state index in [2.05, 4.69) is 5.32 Å². The van der Waals surface area contributed by atoms with Crippen LogP contribution >= 0.6 is 11.3 Å². The van der Waals surface area contributed by atoms with Gasteiger partial charge < -0.3 is 9.73 Å². The molecule has 202 valence electrons. The molecule has 9 nitrogen and oxygen atoms in total. The summed E-state index contributed by atoms with van der Waals surface area (Å²) >= 11 is 1.00. The van der Waals surface area contributed by atoms with Crippen molar-refractivity contribution < 1.29 is 14.1 Å². The molecule has 2 aromatic heterocycles. The highest BCUT2D eigenvalue weighted by Gasteiger charge is 2.18. The van der Waals surface area contributed by atoms with Crippen LogP contribution in [0.25, 0.3) is 28.7 Å². The first-order valence-corrected chi connectivity index (χ1v) is 13.2. The lowest BCUT2D eigenvalue weighted by Crippen LogP contribution is -2.32. The summed E-state index contributed by atoms with van der Waals surface area (Å²) in [6, 6.07) is 25.5. The van der Waals surface area contributed by atoms with Crippen molar-refractivity contribution in [2.24, 2.45) is 0 Å². The highest BCUT2D eigenvalue weighted by atomic mass is 32.1. The summed E-state index contributed by atoms with van der Waals surface area (Å²) in [5.41, 5.74) is 3.06. The van der Waals surface area contributed by atoms with Gasteiger partial charge in [-0.15, -0.1) is 11.3 Å². The number of anilines is 1. The number of hydrogen-bond donors (Lipinski definition) is 1. The second kappa shape index (κ2) is 11.3. The number of furan rings is 1. The number of para-hydroxylation sites is 1. The first-order chi connectivity index (χ1) is 19.7. The number of nitro groups is 1. The molecular weight excluding hydrogens is 540 g/mol. The van der Waals surface area contributed by atoms with Crippen LogP contribution in [0.5, 0.6) is 0 Å². The molecule has 1 amide bonds. The molecular formula is C31H22N4O5S. The molecule has 0 saturated heterocycles. The zero-order valence-corrected chi connectivity index (χ0v) is 22.8. The summed E-state index contributed by atoms with van der Waals surface area (Å²) in [4.78, 5) is 37.4. The maximum absolute atomic E-state index is 13.6. The number of aryl methyl sites for hydroxylation is 2. The van der Waals surface area contributed by atoms with E-state index < -0.39 is 16.4 Å². The Labute approximate surface area is 237 Å². The summed E-state index contributed by atoms with van der Waals surface area (Å²) in [6.45, 7) is 3.89. The predicted molar refractivity (Wildman–Crippen MR) is 157 cm³/mol.